The van der Waals surface area contributed by atoms with Gasteiger partial charge in [0.2, 0.25) is 0 Å². The quantitative estimate of drug-likeness (QED) is 0.471. The van der Waals surface area contributed by atoms with E-state index < -0.39 is 0 Å². The van der Waals surface area contributed by atoms with Gasteiger partial charge in [-0.25, -0.2) is 11.8 Å². The van der Waals surface area contributed by atoms with Crippen molar-refractivity contribution in [1.29, 1.82) is 0 Å². The molecule has 0 bridgehead atoms. The molecular weight excluding hydrogens is 171 g/mol. The molecule has 0 atom stereocenters. The van der Waals surface area contributed by atoms with Crippen LogP contribution < -0.4 is 0 Å². The third-order valence-corrected chi connectivity index (χ3v) is 1.38. The van der Waals surface area contributed by atoms with Crippen molar-refractivity contribution < 1.29 is 19.9 Å². The maximum Gasteiger partial charge on any atom is 0.0459 e. The molecule has 0 aliphatic rings. The van der Waals surface area contributed by atoms with Crippen LogP contribution in [0.5, 0.6) is 0 Å². The monoisotopic (exact) mass is 179 g/mol. The van der Waals surface area contributed by atoms with E-state index in [1.807, 2.05) is 6.26 Å². The third kappa shape index (κ3) is 2.48. The Morgan fingerprint density at radius 1 is 2.00 bits per heavy atom. The number of hydrogen-bond acceptors (Lipinski definition) is 2. The first-order valence-corrected chi connectivity index (χ1v) is 3.38. The van der Waals surface area contributed by atoms with Crippen LogP contribution in [0.15, 0.2) is 11.1 Å². The first-order chi connectivity index (χ1) is 4.36. The minimum atomic E-state index is 0. The van der Waals surface area contributed by atoms with Gasteiger partial charge in [-0.3, -0.25) is 5.10 Å². The zero-order valence-electron chi connectivity index (χ0n) is 6.03. The van der Waals surface area contributed by atoms with Crippen LogP contribution in [0.2, 0.25) is 0 Å². The normalized spacial score (nSPS) is 10.1. The van der Waals surface area contributed by atoms with Crippen LogP contribution in [0, 0.1) is 6.20 Å². The number of aryl methyl sites for hydroxylation is 1. The summed E-state index contributed by atoms with van der Waals surface area (Å²) >= 11 is 1.56. The molecule has 0 amide bonds. The number of rotatable bonds is 1. The topological polar surface area (TPSA) is 17.8 Å². The number of thioether (sulfide) groups is 1. The molecule has 1 rings (SSSR count). The van der Waals surface area contributed by atoms with E-state index >= 15 is 0 Å². The molecule has 1 aromatic rings. The maximum atomic E-state index is 6.89. The third-order valence-electron chi connectivity index (χ3n) is 0.765. The molecule has 0 fully saturated rings. The average Bonchev–Trinajstić information content (AvgIpc) is 2.34. The Labute approximate surface area is 72.3 Å². The molecule has 2 nitrogen and oxygen atoms in total. The van der Waals surface area contributed by atoms with Crippen LogP contribution in [0.3, 0.4) is 0 Å². The van der Waals surface area contributed by atoms with Gasteiger partial charge in [0.15, 0.2) is 0 Å². The molecule has 0 aliphatic carbocycles. The van der Waals surface area contributed by atoms with E-state index in [0.29, 0.717) is 0 Å². The molecule has 9 heavy (non-hydrogen) atoms. The SMILES string of the molecule is [2H]Cn1[c-]cc(SC)n1.[V]. The van der Waals surface area contributed by atoms with E-state index in [2.05, 4.69) is 11.3 Å². The summed E-state index contributed by atoms with van der Waals surface area (Å²) in [5.41, 5.74) is 0. The standard InChI is InChI=1S/C5H7N2S.V/c1-7-4-3-5(6-7)8-2;/h3H,1-2H3;/q-1;/i1D;. The van der Waals surface area contributed by atoms with Crippen LogP contribution in [0.4, 0.5) is 0 Å². The molecule has 1 heterocycles. The van der Waals surface area contributed by atoms with Crippen LogP contribution in [0.1, 0.15) is 1.37 Å². The molecule has 0 spiro atoms. The van der Waals surface area contributed by atoms with E-state index in [1.54, 1.807) is 17.8 Å². The van der Waals surface area contributed by atoms with Gasteiger partial charge in [-0.15, -0.1) is 6.20 Å². The van der Waals surface area contributed by atoms with Crippen LogP contribution in [-0.2, 0) is 25.6 Å². The Bertz CT molecular complexity index is 173. The van der Waals surface area contributed by atoms with Gasteiger partial charge in [0.25, 0.3) is 0 Å². The molecule has 0 saturated carbocycles. The van der Waals surface area contributed by atoms with Crippen molar-refractivity contribution in [2.75, 3.05) is 6.26 Å². The predicted octanol–water partition coefficient (Wildman–Crippen LogP) is 0.940. The fourth-order valence-electron chi connectivity index (χ4n) is 0.406. The van der Waals surface area contributed by atoms with E-state index in [-0.39, 0.29) is 25.6 Å². The van der Waals surface area contributed by atoms with Gasteiger partial charge in [0.05, 0.1) is 0 Å². The Morgan fingerprint density at radius 3 is 3.11 bits per heavy atom. The van der Waals surface area contributed by atoms with Crippen molar-refractivity contribution in [2.24, 2.45) is 7.02 Å². The second-order valence-corrected chi connectivity index (χ2v) is 2.14. The summed E-state index contributed by atoms with van der Waals surface area (Å²) in [5, 5.41) is 4.90. The van der Waals surface area contributed by atoms with Crippen molar-refractivity contribution in [2.45, 2.75) is 5.03 Å². The maximum absolute atomic E-state index is 6.89. The first kappa shape index (κ1) is 7.25. The summed E-state index contributed by atoms with van der Waals surface area (Å²) in [4.78, 5) is 0. The Kier molecular flexibility index (Phi) is 3.26. The number of nitrogens with zero attached hydrogens (tertiary/aromatic N) is 2. The van der Waals surface area contributed by atoms with Crippen molar-refractivity contribution >= 4 is 11.8 Å². The first-order valence-electron chi connectivity index (χ1n) is 2.86. The molecule has 49 valence electrons. The molecule has 1 radical (unpaired) electrons. The van der Waals surface area contributed by atoms with Crippen molar-refractivity contribution in [3.63, 3.8) is 0 Å². The van der Waals surface area contributed by atoms with Gasteiger partial charge >= 0.3 is 0 Å². The summed E-state index contributed by atoms with van der Waals surface area (Å²) in [5.74, 6) is 0. The Morgan fingerprint density at radius 2 is 2.78 bits per heavy atom. The van der Waals surface area contributed by atoms with Gasteiger partial charge in [0.1, 0.15) is 0 Å². The molecule has 1 aromatic heterocycles. The second-order valence-electron chi connectivity index (χ2n) is 1.32. The summed E-state index contributed by atoms with van der Waals surface area (Å²) in [7, 11) is 0.153. The molecule has 0 N–H and O–H groups in total. The fraction of sp³-hybridized carbons (Fsp3) is 0.400. The van der Waals surface area contributed by atoms with E-state index in [4.69, 9.17) is 1.37 Å². The molecule has 0 aromatic carbocycles. The summed E-state index contributed by atoms with van der Waals surface area (Å²) in [6.45, 7) is 0. The summed E-state index contributed by atoms with van der Waals surface area (Å²) < 4.78 is 8.36. The largest absolute Gasteiger partial charge is 0.378 e. The van der Waals surface area contributed by atoms with Gasteiger partial charge in [-0.2, -0.15) is 6.07 Å². The fourth-order valence-corrected chi connectivity index (χ4v) is 0.757. The van der Waals surface area contributed by atoms with Gasteiger partial charge in [-0.1, -0.05) is 0 Å². The van der Waals surface area contributed by atoms with Crippen molar-refractivity contribution in [1.82, 2.24) is 9.78 Å². The molecular formula is C5H7N2SV-. The van der Waals surface area contributed by atoms with Gasteiger partial charge in [-0.05, 0) is 11.3 Å². The van der Waals surface area contributed by atoms with E-state index in [1.165, 1.54) is 4.68 Å². The minimum Gasteiger partial charge on any atom is -0.378 e. The average molecular weight is 179 g/mol. The van der Waals surface area contributed by atoms with Crippen molar-refractivity contribution in [3.8, 4) is 0 Å². The minimum absolute atomic E-state index is 0. The van der Waals surface area contributed by atoms with Crippen LogP contribution in [-0.4, -0.2) is 16.0 Å². The second kappa shape index (κ2) is 4.04. The number of aromatic nitrogens is 2. The summed E-state index contributed by atoms with van der Waals surface area (Å²) in [6, 6.07) is 1.78. The van der Waals surface area contributed by atoms with Gasteiger partial charge < -0.3 is 4.68 Å². The zero-order chi connectivity index (χ0) is 6.69. The van der Waals surface area contributed by atoms with E-state index in [9.17, 15) is 0 Å². The van der Waals surface area contributed by atoms with E-state index in [0.717, 1.165) is 5.03 Å². The molecule has 4 heteroatoms. The molecule has 0 saturated heterocycles. The van der Waals surface area contributed by atoms with Crippen LogP contribution >= 0.6 is 11.8 Å². The number of hydrogen-bond donors (Lipinski definition) is 0. The smallest absolute Gasteiger partial charge is 0.0459 e. The van der Waals surface area contributed by atoms with Crippen molar-refractivity contribution in [3.05, 3.63) is 12.3 Å². The van der Waals surface area contributed by atoms with Gasteiger partial charge in [0, 0.05) is 27.0 Å². The Hall–Kier alpha value is 0.144. The van der Waals surface area contributed by atoms with Crippen LogP contribution in [0.25, 0.3) is 0 Å². The molecule has 0 unspecified atom stereocenters. The Balaban J connectivity index is 0.000000810. The predicted molar refractivity (Wildman–Crippen MR) is 33.8 cm³/mol. The molecule has 0 aliphatic heterocycles. The zero-order valence-corrected chi connectivity index (χ0v) is 7.25. The summed E-state index contributed by atoms with van der Waals surface area (Å²) in [6.07, 6.45) is 4.75.